The molecule has 5 nitrogen and oxygen atoms in total. The summed E-state index contributed by atoms with van der Waals surface area (Å²) in [6.45, 7) is 5.34. The third-order valence-electron chi connectivity index (χ3n) is 3.63. The molecule has 0 spiro atoms. The SMILES string of the molecule is COC(=O)[C@H](CC(=O)OC(C)(C)C)N=C(c1ccccc1)c1ccccc1. The fraction of sp³-hybridized carbons (Fsp3) is 0.318. The number of hydrogen-bond acceptors (Lipinski definition) is 5. The third kappa shape index (κ3) is 6.37. The maximum Gasteiger partial charge on any atom is 0.331 e. The first-order valence-corrected chi connectivity index (χ1v) is 8.78. The topological polar surface area (TPSA) is 65.0 Å². The highest BCUT2D eigenvalue weighted by molar-refractivity contribution is 6.13. The number of rotatable bonds is 6. The van der Waals surface area contributed by atoms with Crippen LogP contribution in [-0.4, -0.2) is 36.4 Å². The minimum absolute atomic E-state index is 0.187. The second-order valence-corrected chi connectivity index (χ2v) is 7.04. The summed E-state index contributed by atoms with van der Waals surface area (Å²) in [5.41, 5.74) is 1.68. The standard InChI is InChI=1S/C22H25NO4/c1-22(2,3)27-19(24)15-18(21(25)26-4)23-20(16-11-7-5-8-12-16)17-13-9-6-10-14-17/h5-14,18H,15H2,1-4H3/t18-/m0/s1. The van der Waals surface area contributed by atoms with Crippen molar-refractivity contribution in [3.63, 3.8) is 0 Å². The van der Waals surface area contributed by atoms with Gasteiger partial charge < -0.3 is 9.47 Å². The normalized spacial score (nSPS) is 12.0. The molecule has 0 N–H and O–H groups in total. The number of hydrogen-bond donors (Lipinski definition) is 0. The average molecular weight is 367 g/mol. The Balaban J connectivity index is 2.42. The Bertz CT molecular complexity index is 751. The van der Waals surface area contributed by atoms with Crippen LogP contribution in [0, 0.1) is 0 Å². The summed E-state index contributed by atoms with van der Waals surface area (Å²) < 4.78 is 10.2. The smallest absolute Gasteiger partial charge is 0.331 e. The van der Waals surface area contributed by atoms with Crippen LogP contribution in [0.25, 0.3) is 0 Å². The predicted octanol–water partition coefficient (Wildman–Crippen LogP) is 3.80. The molecule has 0 aliphatic carbocycles. The zero-order chi connectivity index (χ0) is 19.9. The van der Waals surface area contributed by atoms with E-state index in [0.29, 0.717) is 5.71 Å². The summed E-state index contributed by atoms with van der Waals surface area (Å²) in [6, 6.07) is 18.1. The van der Waals surface area contributed by atoms with Gasteiger partial charge in [0.1, 0.15) is 5.60 Å². The lowest BCUT2D eigenvalue weighted by molar-refractivity contribution is -0.158. The molecule has 0 heterocycles. The molecule has 0 amide bonds. The lowest BCUT2D eigenvalue weighted by Crippen LogP contribution is -2.30. The zero-order valence-corrected chi connectivity index (χ0v) is 16.1. The molecule has 0 bridgehead atoms. The van der Waals surface area contributed by atoms with Crippen molar-refractivity contribution in [2.24, 2.45) is 4.99 Å². The van der Waals surface area contributed by atoms with Gasteiger partial charge >= 0.3 is 11.9 Å². The maximum atomic E-state index is 12.3. The Morgan fingerprint density at radius 3 is 1.81 bits per heavy atom. The Kier molecular flexibility index (Phi) is 6.88. The second-order valence-electron chi connectivity index (χ2n) is 7.04. The summed E-state index contributed by atoms with van der Waals surface area (Å²) in [5.74, 6) is -1.08. The summed E-state index contributed by atoms with van der Waals surface area (Å²) >= 11 is 0. The van der Waals surface area contributed by atoms with Gasteiger partial charge in [-0.25, -0.2) is 4.79 Å². The van der Waals surface area contributed by atoms with E-state index in [1.54, 1.807) is 20.8 Å². The van der Waals surface area contributed by atoms with Crippen molar-refractivity contribution in [2.45, 2.75) is 38.8 Å². The molecule has 0 radical (unpaired) electrons. The van der Waals surface area contributed by atoms with Gasteiger partial charge in [-0.15, -0.1) is 0 Å². The molecule has 0 unspecified atom stereocenters. The largest absolute Gasteiger partial charge is 0.467 e. The van der Waals surface area contributed by atoms with E-state index in [1.165, 1.54) is 7.11 Å². The molecule has 0 saturated heterocycles. The van der Waals surface area contributed by atoms with Crippen LogP contribution in [0.5, 0.6) is 0 Å². The second kappa shape index (κ2) is 9.12. The molecule has 2 aromatic rings. The van der Waals surface area contributed by atoms with Gasteiger partial charge in [-0.05, 0) is 20.8 Å². The van der Waals surface area contributed by atoms with E-state index in [1.807, 2.05) is 60.7 Å². The molecular weight excluding hydrogens is 342 g/mol. The van der Waals surface area contributed by atoms with Crippen molar-refractivity contribution in [3.8, 4) is 0 Å². The molecule has 0 saturated carbocycles. The molecule has 0 aromatic heterocycles. The van der Waals surface area contributed by atoms with Crippen LogP contribution in [0.3, 0.4) is 0 Å². The van der Waals surface area contributed by atoms with E-state index >= 15 is 0 Å². The average Bonchev–Trinajstić information content (AvgIpc) is 2.64. The van der Waals surface area contributed by atoms with E-state index in [4.69, 9.17) is 9.47 Å². The number of benzene rings is 2. The number of nitrogens with zero attached hydrogens (tertiary/aromatic N) is 1. The molecule has 0 fully saturated rings. The van der Waals surface area contributed by atoms with Gasteiger partial charge in [0.25, 0.3) is 0 Å². The summed E-state index contributed by atoms with van der Waals surface area (Å²) in [4.78, 5) is 29.1. The van der Waals surface area contributed by atoms with E-state index in [0.717, 1.165) is 11.1 Å². The van der Waals surface area contributed by atoms with Gasteiger partial charge in [0.15, 0.2) is 6.04 Å². The zero-order valence-electron chi connectivity index (χ0n) is 16.1. The summed E-state index contributed by atoms with van der Waals surface area (Å²) in [7, 11) is 1.28. The van der Waals surface area contributed by atoms with Crippen LogP contribution in [0.2, 0.25) is 0 Å². The van der Waals surface area contributed by atoms with Gasteiger partial charge in [0.2, 0.25) is 0 Å². The van der Waals surface area contributed by atoms with Gasteiger partial charge in [0.05, 0.1) is 19.2 Å². The molecule has 27 heavy (non-hydrogen) atoms. The number of carbonyl (C=O) groups is 2. The first kappa shape index (κ1) is 20.4. The van der Waals surface area contributed by atoms with Crippen LogP contribution in [0.15, 0.2) is 65.7 Å². The number of aliphatic imine (C=N–C) groups is 1. The third-order valence-corrected chi connectivity index (χ3v) is 3.63. The van der Waals surface area contributed by atoms with Crippen molar-refractivity contribution < 1.29 is 19.1 Å². The number of carbonyl (C=O) groups excluding carboxylic acids is 2. The Morgan fingerprint density at radius 1 is 0.926 bits per heavy atom. The van der Waals surface area contributed by atoms with Crippen molar-refractivity contribution in [2.75, 3.05) is 7.11 Å². The van der Waals surface area contributed by atoms with E-state index in [-0.39, 0.29) is 6.42 Å². The van der Waals surface area contributed by atoms with Gasteiger partial charge in [0, 0.05) is 11.1 Å². The van der Waals surface area contributed by atoms with Gasteiger partial charge in [-0.3, -0.25) is 9.79 Å². The van der Waals surface area contributed by atoms with Crippen molar-refractivity contribution in [1.29, 1.82) is 0 Å². The van der Waals surface area contributed by atoms with E-state index in [2.05, 4.69) is 4.99 Å². The number of methoxy groups -OCH3 is 1. The monoisotopic (exact) mass is 367 g/mol. The Labute approximate surface area is 160 Å². The number of ether oxygens (including phenoxy) is 2. The lowest BCUT2D eigenvalue weighted by atomic mass is 10.0. The molecule has 142 valence electrons. The molecule has 0 aliphatic rings. The first-order valence-electron chi connectivity index (χ1n) is 8.78. The fourth-order valence-electron chi connectivity index (χ4n) is 2.52. The highest BCUT2D eigenvalue weighted by Crippen LogP contribution is 2.16. The van der Waals surface area contributed by atoms with Crippen LogP contribution in [0.1, 0.15) is 38.3 Å². The maximum absolute atomic E-state index is 12.3. The van der Waals surface area contributed by atoms with E-state index < -0.39 is 23.6 Å². The van der Waals surface area contributed by atoms with Crippen molar-refractivity contribution in [1.82, 2.24) is 0 Å². The van der Waals surface area contributed by atoms with Crippen LogP contribution >= 0.6 is 0 Å². The van der Waals surface area contributed by atoms with Gasteiger partial charge in [-0.2, -0.15) is 0 Å². The highest BCUT2D eigenvalue weighted by Gasteiger charge is 2.26. The molecule has 1 atom stereocenters. The molecule has 5 heteroatoms. The molecule has 2 rings (SSSR count). The fourth-order valence-corrected chi connectivity index (χ4v) is 2.52. The molecule has 2 aromatic carbocycles. The Hall–Kier alpha value is -2.95. The van der Waals surface area contributed by atoms with Crippen molar-refractivity contribution in [3.05, 3.63) is 71.8 Å². The van der Waals surface area contributed by atoms with Crippen molar-refractivity contribution >= 4 is 17.7 Å². The lowest BCUT2D eigenvalue weighted by Gasteiger charge is -2.21. The Morgan fingerprint density at radius 2 is 1.41 bits per heavy atom. The van der Waals surface area contributed by atoms with Crippen LogP contribution < -0.4 is 0 Å². The number of esters is 2. The quantitative estimate of drug-likeness (QED) is 0.575. The molecule has 0 aliphatic heterocycles. The summed E-state index contributed by atoms with van der Waals surface area (Å²) in [6.07, 6.45) is -0.187. The first-order chi connectivity index (χ1) is 12.8. The van der Waals surface area contributed by atoms with Gasteiger partial charge in [-0.1, -0.05) is 60.7 Å². The highest BCUT2D eigenvalue weighted by atomic mass is 16.6. The van der Waals surface area contributed by atoms with E-state index in [9.17, 15) is 9.59 Å². The van der Waals surface area contributed by atoms with Crippen LogP contribution in [0.4, 0.5) is 0 Å². The van der Waals surface area contributed by atoms with Crippen LogP contribution in [-0.2, 0) is 19.1 Å². The molecular formula is C22H25NO4. The minimum atomic E-state index is -0.986. The minimum Gasteiger partial charge on any atom is -0.467 e. The summed E-state index contributed by atoms with van der Waals surface area (Å²) in [5, 5.41) is 0. The predicted molar refractivity (Wildman–Crippen MR) is 105 cm³/mol.